The van der Waals surface area contributed by atoms with Gasteiger partial charge in [-0.25, -0.2) is 0 Å². The molecule has 0 bridgehead atoms. The minimum atomic E-state index is -1.07. The molecule has 1 N–H and O–H groups in total. The summed E-state index contributed by atoms with van der Waals surface area (Å²) in [6.45, 7) is 3.12. The van der Waals surface area contributed by atoms with Crippen LogP contribution in [0.3, 0.4) is 0 Å². The van der Waals surface area contributed by atoms with Crippen molar-refractivity contribution in [3.63, 3.8) is 0 Å². The fourth-order valence-corrected chi connectivity index (χ4v) is 1.94. The minimum Gasteiger partial charge on any atom is -0.480 e. The summed E-state index contributed by atoms with van der Waals surface area (Å²) in [7, 11) is 0. The first-order chi connectivity index (χ1) is 8.32. The van der Waals surface area contributed by atoms with E-state index in [1.165, 1.54) is 17.0 Å². The van der Waals surface area contributed by atoms with Gasteiger partial charge in [0, 0.05) is 11.1 Å². The van der Waals surface area contributed by atoms with Crippen LogP contribution in [0.4, 0.5) is 0 Å². The Morgan fingerprint density at radius 2 is 1.94 bits per heavy atom. The van der Waals surface area contributed by atoms with Gasteiger partial charge < -0.3 is 10.0 Å². The lowest BCUT2D eigenvalue weighted by molar-refractivity contribution is -0.138. The highest BCUT2D eigenvalue weighted by Gasteiger charge is 2.23. The van der Waals surface area contributed by atoms with Crippen LogP contribution in [-0.2, 0) is 4.79 Å². The number of hydrogen-bond donors (Lipinski definition) is 1. The molecule has 18 heavy (non-hydrogen) atoms. The molecule has 0 fully saturated rings. The van der Waals surface area contributed by atoms with Gasteiger partial charge in [0.25, 0.3) is 5.91 Å². The van der Waals surface area contributed by atoms with Crippen molar-refractivity contribution in [2.75, 3.05) is 6.54 Å². The molecule has 0 aliphatic rings. The van der Waals surface area contributed by atoms with Gasteiger partial charge in [-0.2, -0.15) is 0 Å². The molecule has 1 aromatic carbocycles. The summed E-state index contributed by atoms with van der Waals surface area (Å²) < 4.78 is 0. The van der Waals surface area contributed by atoms with Crippen LogP contribution in [0.15, 0.2) is 18.2 Å². The van der Waals surface area contributed by atoms with E-state index in [0.29, 0.717) is 5.02 Å². The van der Waals surface area contributed by atoms with Crippen molar-refractivity contribution in [2.45, 2.75) is 19.9 Å². The van der Waals surface area contributed by atoms with Crippen LogP contribution in [0.25, 0.3) is 0 Å². The zero-order valence-electron chi connectivity index (χ0n) is 9.98. The predicted octanol–water partition coefficient (Wildman–Crippen LogP) is 2.93. The normalized spacial score (nSPS) is 10.5. The number of rotatable bonds is 4. The smallest absolute Gasteiger partial charge is 0.323 e. The maximum atomic E-state index is 12.2. The number of aliphatic carboxylic acids is 1. The predicted molar refractivity (Wildman–Crippen MR) is 70.3 cm³/mol. The van der Waals surface area contributed by atoms with Crippen molar-refractivity contribution in [3.05, 3.63) is 33.8 Å². The lowest BCUT2D eigenvalue weighted by atomic mass is 10.1. The molecule has 1 rings (SSSR count). The molecular weight excluding hydrogens is 277 g/mol. The van der Waals surface area contributed by atoms with Crippen LogP contribution in [-0.4, -0.2) is 34.5 Å². The van der Waals surface area contributed by atoms with Crippen LogP contribution in [0.2, 0.25) is 10.0 Å². The summed E-state index contributed by atoms with van der Waals surface area (Å²) in [5, 5.41) is 9.43. The van der Waals surface area contributed by atoms with Crippen molar-refractivity contribution >= 4 is 35.1 Å². The molecule has 1 aromatic rings. The van der Waals surface area contributed by atoms with Gasteiger partial charge in [-0.3, -0.25) is 9.59 Å². The summed E-state index contributed by atoms with van der Waals surface area (Å²) in [6, 6.07) is 4.25. The number of halogens is 2. The molecule has 0 atom stereocenters. The molecule has 0 spiro atoms. The Morgan fingerprint density at radius 3 is 2.39 bits per heavy atom. The number of benzene rings is 1. The summed E-state index contributed by atoms with van der Waals surface area (Å²) in [4.78, 5) is 24.2. The van der Waals surface area contributed by atoms with E-state index >= 15 is 0 Å². The molecule has 4 nitrogen and oxygen atoms in total. The highest BCUT2D eigenvalue weighted by Crippen LogP contribution is 2.22. The van der Waals surface area contributed by atoms with E-state index in [4.69, 9.17) is 28.3 Å². The molecule has 1 amide bonds. The summed E-state index contributed by atoms with van der Waals surface area (Å²) in [5.74, 6) is -1.49. The number of nitrogens with zero attached hydrogens (tertiary/aromatic N) is 1. The van der Waals surface area contributed by atoms with Gasteiger partial charge in [0.15, 0.2) is 0 Å². The van der Waals surface area contributed by atoms with Gasteiger partial charge in [-0.15, -0.1) is 0 Å². The fourth-order valence-electron chi connectivity index (χ4n) is 1.45. The second kappa shape index (κ2) is 6.07. The molecule has 6 heteroatoms. The number of carbonyl (C=O) groups is 2. The minimum absolute atomic E-state index is 0.212. The molecule has 0 radical (unpaired) electrons. The first-order valence-corrected chi connectivity index (χ1v) is 6.06. The number of carbonyl (C=O) groups excluding carboxylic acids is 1. The Morgan fingerprint density at radius 1 is 1.33 bits per heavy atom. The average Bonchev–Trinajstić information content (AvgIpc) is 2.24. The Hall–Kier alpha value is -1.26. The Kier molecular flexibility index (Phi) is 4.99. The number of hydrogen-bond acceptors (Lipinski definition) is 2. The average molecular weight is 290 g/mol. The third-order valence-electron chi connectivity index (χ3n) is 2.35. The number of amides is 1. The van der Waals surface area contributed by atoms with Crippen LogP contribution >= 0.6 is 23.2 Å². The lowest BCUT2D eigenvalue weighted by Gasteiger charge is -2.25. The summed E-state index contributed by atoms with van der Waals surface area (Å²) >= 11 is 11.7. The van der Waals surface area contributed by atoms with Gasteiger partial charge >= 0.3 is 5.97 Å². The van der Waals surface area contributed by atoms with E-state index in [-0.39, 0.29) is 23.2 Å². The highest BCUT2D eigenvalue weighted by molar-refractivity contribution is 6.36. The quantitative estimate of drug-likeness (QED) is 0.927. The van der Waals surface area contributed by atoms with Crippen LogP contribution in [0.1, 0.15) is 24.2 Å². The number of carboxylic acids is 1. The monoisotopic (exact) mass is 289 g/mol. The molecule has 0 aliphatic heterocycles. The van der Waals surface area contributed by atoms with Gasteiger partial charge in [-0.05, 0) is 32.0 Å². The van der Waals surface area contributed by atoms with Gasteiger partial charge in [0.05, 0.1) is 10.6 Å². The molecule has 0 aliphatic carbocycles. The Balaban J connectivity index is 3.05. The van der Waals surface area contributed by atoms with Gasteiger partial charge in [0.2, 0.25) is 0 Å². The molecule has 0 saturated heterocycles. The van der Waals surface area contributed by atoms with E-state index in [2.05, 4.69) is 0 Å². The van der Waals surface area contributed by atoms with E-state index in [1.807, 2.05) is 0 Å². The van der Waals surface area contributed by atoms with Gasteiger partial charge in [0.1, 0.15) is 6.54 Å². The van der Waals surface area contributed by atoms with Crippen molar-refractivity contribution < 1.29 is 14.7 Å². The van der Waals surface area contributed by atoms with Crippen LogP contribution < -0.4 is 0 Å². The highest BCUT2D eigenvalue weighted by atomic mass is 35.5. The Bertz CT molecular complexity index is 474. The largest absolute Gasteiger partial charge is 0.480 e. The number of carboxylic acid groups (broad SMARTS) is 1. The summed E-state index contributed by atoms with van der Waals surface area (Å²) in [6.07, 6.45) is 0. The lowest BCUT2D eigenvalue weighted by Crippen LogP contribution is -2.40. The zero-order chi connectivity index (χ0) is 13.9. The van der Waals surface area contributed by atoms with Crippen molar-refractivity contribution in [2.24, 2.45) is 0 Å². The summed E-state index contributed by atoms with van der Waals surface area (Å²) in [5.41, 5.74) is 0.246. The third kappa shape index (κ3) is 3.62. The molecular formula is C12H13Cl2NO3. The fraction of sp³-hybridized carbons (Fsp3) is 0.333. The van der Waals surface area contributed by atoms with Crippen molar-refractivity contribution in [3.8, 4) is 0 Å². The first kappa shape index (κ1) is 14.8. The molecule has 0 unspecified atom stereocenters. The zero-order valence-corrected chi connectivity index (χ0v) is 11.5. The Labute approximate surface area is 115 Å². The van der Waals surface area contributed by atoms with E-state index in [9.17, 15) is 9.59 Å². The second-order valence-electron chi connectivity index (χ2n) is 4.04. The van der Waals surface area contributed by atoms with Crippen molar-refractivity contribution in [1.29, 1.82) is 0 Å². The SMILES string of the molecule is CC(C)N(CC(=O)O)C(=O)c1ccc(Cl)cc1Cl. The first-order valence-electron chi connectivity index (χ1n) is 5.30. The maximum absolute atomic E-state index is 12.2. The topological polar surface area (TPSA) is 57.6 Å². The molecule has 0 saturated carbocycles. The van der Waals surface area contributed by atoms with Crippen molar-refractivity contribution in [1.82, 2.24) is 4.90 Å². The molecule has 0 aromatic heterocycles. The van der Waals surface area contributed by atoms with Crippen LogP contribution in [0, 0.1) is 0 Å². The maximum Gasteiger partial charge on any atom is 0.323 e. The van der Waals surface area contributed by atoms with E-state index in [0.717, 1.165) is 0 Å². The molecule has 98 valence electrons. The van der Waals surface area contributed by atoms with Gasteiger partial charge in [-0.1, -0.05) is 23.2 Å². The second-order valence-corrected chi connectivity index (χ2v) is 4.89. The van der Waals surface area contributed by atoms with Crippen LogP contribution in [0.5, 0.6) is 0 Å². The molecule has 0 heterocycles. The third-order valence-corrected chi connectivity index (χ3v) is 2.90. The standard InChI is InChI=1S/C12H13Cl2NO3/c1-7(2)15(6-11(16)17)12(18)9-4-3-8(13)5-10(9)14/h3-5,7H,6H2,1-2H3,(H,16,17). The van der Waals surface area contributed by atoms with E-state index in [1.54, 1.807) is 19.9 Å². The van der Waals surface area contributed by atoms with E-state index < -0.39 is 11.9 Å².